The molecule has 1 aromatic rings. The van der Waals surface area contributed by atoms with Gasteiger partial charge >= 0.3 is 0 Å². The fraction of sp³-hybridized carbons (Fsp3) is 0.167. The summed E-state index contributed by atoms with van der Waals surface area (Å²) in [5.74, 6) is 0. The summed E-state index contributed by atoms with van der Waals surface area (Å²) in [6, 6.07) is 10.4. The van der Waals surface area contributed by atoms with Crippen LogP contribution >= 0.6 is 15.9 Å². The van der Waals surface area contributed by atoms with Crippen molar-refractivity contribution in [2.45, 2.75) is 13.3 Å². The maximum Gasteiger partial charge on any atom is 0.00528 e. The van der Waals surface area contributed by atoms with Crippen molar-refractivity contribution in [1.82, 2.24) is 0 Å². The van der Waals surface area contributed by atoms with Gasteiger partial charge in [-0.25, -0.2) is 0 Å². The van der Waals surface area contributed by atoms with Crippen molar-refractivity contribution < 1.29 is 0 Å². The quantitative estimate of drug-likeness (QED) is 0.690. The van der Waals surface area contributed by atoms with Gasteiger partial charge in [0.05, 0.1) is 0 Å². The van der Waals surface area contributed by atoms with E-state index in [1.807, 2.05) is 6.07 Å². The first-order valence-corrected chi connectivity index (χ1v) is 5.10. The Balaban J connectivity index is 2.40. The number of benzene rings is 1. The topological polar surface area (TPSA) is 0 Å². The largest absolute Gasteiger partial charge is 0.0622 e. The molecule has 1 heteroatoms. The lowest BCUT2D eigenvalue weighted by molar-refractivity contribution is 1.36. The minimum Gasteiger partial charge on any atom is -0.0622 e. The van der Waals surface area contributed by atoms with E-state index in [0.29, 0.717) is 0 Å². The monoisotopic (exact) mass is 233 g/mol. The highest BCUT2D eigenvalue weighted by Gasteiger charge is 2.12. The first-order valence-electron chi connectivity index (χ1n) is 4.31. The Labute approximate surface area is 87.1 Å². The maximum absolute atomic E-state index is 3.54. The van der Waals surface area contributed by atoms with E-state index in [0.717, 1.165) is 6.42 Å². The summed E-state index contributed by atoms with van der Waals surface area (Å²) in [4.78, 5) is 0. The van der Waals surface area contributed by atoms with Crippen LogP contribution in [0.2, 0.25) is 0 Å². The second-order valence-corrected chi connectivity index (χ2v) is 4.08. The Bertz CT molecular complexity index is 371. The predicted molar refractivity (Wildman–Crippen MR) is 59.3 cm³/mol. The van der Waals surface area contributed by atoms with Crippen LogP contribution in [-0.2, 0) is 0 Å². The van der Waals surface area contributed by atoms with Crippen LogP contribution in [0, 0.1) is 6.08 Å². The number of hydrogen-bond acceptors (Lipinski definition) is 0. The summed E-state index contributed by atoms with van der Waals surface area (Å²) < 4.78 is 1.26. The average Bonchev–Trinajstić information content (AvgIpc) is 2.49. The molecule has 65 valence electrons. The summed E-state index contributed by atoms with van der Waals surface area (Å²) in [6.07, 6.45) is 4.28. The zero-order valence-corrected chi connectivity index (χ0v) is 9.06. The molecule has 0 fully saturated rings. The summed E-state index contributed by atoms with van der Waals surface area (Å²) in [6.45, 7) is 2.13. The van der Waals surface area contributed by atoms with Crippen molar-refractivity contribution in [3.8, 4) is 0 Å². The third kappa shape index (κ3) is 1.61. The second kappa shape index (κ2) is 3.51. The van der Waals surface area contributed by atoms with E-state index in [-0.39, 0.29) is 0 Å². The summed E-state index contributed by atoms with van der Waals surface area (Å²) in [7, 11) is 0. The fourth-order valence-electron chi connectivity index (χ4n) is 1.49. The van der Waals surface area contributed by atoms with Crippen LogP contribution in [0.3, 0.4) is 0 Å². The number of rotatable bonds is 1. The molecule has 1 aliphatic carbocycles. The zero-order chi connectivity index (χ0) is 9.26. The Morgan fingerprint density at radius 1 is 1.23 bits per heavy atom. The van der Waals surface area contributed by atoms with Gasteiger partial charge in [0, 0.05) is 10.9 Å². The minimum atomic E-state index is 0.913. The zero-order valence-electron chi connectivity index (χ0n) is 7.47. The van der Waals surface area contributed by atoms with Crippen LogP contribution in [0.1, 0.15) is 18.9 Å². The van der Waals surface area contributed by atoms with Gasteiger partial charge in [0.1, 0.15) is 0 Å². The van der Waals surface area contributed by atoms with Gasteiger partial charge in [0.15, 0.2) is 0 Å². The van der Waals surface area contributed by atoms with Crippen molar-refractivity contribution >= 4 is 21.5 Å². The molecule has 1 aliphatic rings. The third-order valence-electron chi connectivity index (χ3n) is 2.26. The van der Waals surface area contributed by atoms with E-state index >= 15 is 0 Å². The van der Waals surface area contributed by atoms with Crippen molar-refractivity contribution in [2.75, 3.05) is 0 Å². The highest BCUT2D eigenvalue weighted by atomic mass is 79.9. The Kier molecular flexibility index (Phi) is 2.36. The standard InChI is InChI=1S/C12H10Br/c1-9-11(7-8-12(9)13)10-5-3-2-4-6-10/h2-6H,8H2,1H3. The highest BCUT2D eigenvalue weighted by molar-refractivity contribution is 9.11. The van der Waals surface area contributed by atoms with E-state index in [4.69, 9.17) is 0 Å². The van der Waals surface area contributed by atoms with Crippen LogP contribution in [0.25, 0.3) is 5.57 Å². The molecule has 0 bridgehead atoms. The van der Waals surface area contributed by atoms with E-state index in [9.17, 15) is 0 Å². The number of allylic oxidation sites excluding steroid dienone is 4. The van der Waals surface area contributed by atoms with Gasteiger partial charge in [-0.05, 0) is 29.7 Å². The molecule has 0 N–H and O–H groups in total. The van der Waals surface area contributed by atoms with Crippen molar-refractivity contribution in [3.63, 3.8) is 0 Å². The number of hydrogen-bond donors (Lipinski definition) is 0. The van der Waals surface area contributed by atoms with Gasteiger partial charge < -0.3 is 0 Å². The minimum absolute atomic E-state index is 0.913. The van der Waals surface area contributed by atoms with Crippen LogP contribution in [0.4, 0.5) is 0 Å². The molecule has 0 amide bonds. The van der Waals surface area contributed by atoms with Gasteiger partial charge in [-0.1, -0.05) is 46.3 Å². The van der Waals surface area contributed by atoms with Gasteiger partial charge in [0.2, 0.25) is 0 Å². The molecule has 0 aliphatic heterocycles. The average molecular weight is 234 g/mol. The molecule has 1 aromatic carbocycles. The van der Waals surface area contributed by atoms with Crippen molar-refractivity contribution in [1.29, 1.82) is 0 Å². The molecule has 0 saturated carbocycles. The van der Waals surface area contributed by atoms with Gasteiger partial charge in [-0.15, -0.1) is 0 Å². The van der Waals surface area contributed by atoms with E-state index < -0.39 is 0 Å². The molecule has 0 atom stereocenters. The molecular formula is C12H10Br. The lowest BCUT2D eigenvalue weighted by atomic mass is 10.0. The first-order chi connectivity index (χ1) is 6.29. The Morgan fingerprint density at radius 2 is 1.92 bits per heavy atom. The highest BCUT2D eigenvalue weighted by Crippen LogP contribution is 2.35. The van der Waals surface area contributed by atoms with Gasteiger partial charge in [-0.3, -0.25) is 0 Å². The van der Waals surface area contributed by atoms with Crippen molar-refractivity contribution in [2.24, 2.45) is 0 Å². The van der Waals surface area contributed by atoms with Crippen LogP contribution in [-0.4, -0.2) is 0 Å². The molecule has 0 heterocycles. The van der Waals surface area contributed by atoms with Crippen LogP contribution < -0.4 is 0 Å². The van der Waals surface area contributed by atoms with Crippen LogP contribution in [0.5, 0.6) is 0 Å². The first kappa shape index (κ1) is 8.76. The molecule has 0 aromatic heterocycles. The summed E-state index contributed by atoms with van der Waals surface area (Å²) in [5.41, 5.74) is 3.81. The Hall–Kier alpha value is -0.820. The normalized spacial score (nSPS) is 16.3. The molecule has 0 saturated heterocycles. The molecule has 0 unspecified atom stereocenters. The maximum atomic E-state index is 3.54. The molecule has 0 spiro atoms. The summed E-state index contributed by atoms with van der Waals surface area (Å²) in [5, 5.41) is 0. The van der Waals surface area contributed by atoms with E-state index in [1.165, 1.54) is 21.2 Å². The van der Waals surface area contributed by atoms with Gasteiger partial charge in [-0.2, -0.15) is 0 Å². The molecule has 0 nitrogen and oxygen atoms in total. The lowest BCUT2D eigenvalue weighted by Gasteiger charge is -2.03. The third-order valence-corrected chi connectivity index (χ3v) is 3.14. The molecule has 2 rings (SSSR count). The lowest BCUT2D eigenvalue weighted by Crippen LogP contribution is -1.82. The van der Waals surface area contributed by atoms with E-state index in [1.54, 1.807) is 0 Å². The SMILES string of the molecule is CC1=C(Br)C[C]=C1c1ccccc1. The van der Waals surface area contributed by atoms with Crippen LogP contribution in [0.15, 0.2) is 40.4 Å². The molecule has 1 radical (unpaired) electrons. The molecular weight excluding hydrogens is 224 g/mol. The van der Waals surface area contributed by atoms with E-state index in [2.05, 4.69) is 53.2 Å². The summed E-state index contributed by atoms with van der Waals surface area (Å²) >= 11 is 3.54. The number of halogens is 1. The molecule has 13 heavy (non-hydrogen) atoms. The van der Waals surface area contributed by atoms with Gasteiger partial charge in [0.25, 0.3) is 0 Å². The smallest absolute Gasteiger partial charge is 0.00528 e. The second-order valence-electron chi connectivity index (χ2n) is 3.12. The predicted octanol–water partition coefficient (Wildman–Crippen LogP) is 3.95. The Morgan fingerprint density at radius 3 is 2.46 bits per heavy atom. The fourth-order valence-corrected chi connectivity index (χ4v) is 1.83. The van der Waals surface area contributed by atoms with Crippen molar-refractivity contribution in [3.05, 3.63) is 52.0 Å².